The van der Waals surface area contributed by atoms with Gasteiger partial charge in [-0.3, -0.25) is 15.0 Å². The number of carbonyl (C=O) groups is 2. The van der Waals surface area contributed by atoms with E-state index in [9.17, 15) is 18.0 Å². The summed E-state index contributed by atoms with van der Waals surface area (Å²) in [6.07, 6.45) is 1.27. The number of nitrogen functional groups attached to an aromatic ring is 1. The summed E-state index contributed by atoms with van der Waals surface area (Å²) in [6, 6.07) is 12.5. The molecular formula is C19H17ClN6O4S2. The van der Waals surface area contributed by atoms with Gasteiger partial charge in [-0.15, -0.1) is 11.8 Å². The van der Waals surface area contributed by atoms with Gasteiger partial charge in [0.25, 0.3) is 11.8 Å². The maximum absolute atomic E-state index is 12.9. The number of thioether (sulfide) groups is 1. The summed E-state index contributed by atoms with van der Waals surface area (Å²) >= 11 is 7.30. The average molecular weight is 493 g/mol. The van der Waals surface area contributed by atoms with Gasteiger partial charge in [-0.1, -0.05) is 23.7 Å². The van der Waals surface area contributed by atoms with Crippen LogP contribution in [0.5, 0.6) is 0 Å². The number of sulfonamides is 1. The van der Waals surface area contributed by atoms with Gasteiger partial charge in [0.2, 0.25) is 10.0 Å². The lowest BCUT2D eigenvalue weighted by Gasteiger charge is -2.24. The van der Waals surface area contributed by atoms with Crippen molar-refractivity contribution < 1.29 is 18.0 Å². The van der Waals surface area contributed by atoms with Gasteiger partial charge >= 0.3 is 0 Å². The fraction of sp³-hybridized carbons (Fsp3) is 0.105. The third-order valence-corrected chi connectivity index (χ3v) is 7.10. The summed E-state index contributed by atoms with van der Waals surface area (Å²) in [5.74, 6) is -0.635. The molecule has 1 saturated heterocycles. The van der Waals surface area contributed by atoms with Crippen LogP contribution < -0.4 is 16.3 Å². The van der Waals surface area contributed by atoms with Gasteiger partial charge in [-0.25, -0.2) is 23.2 Å². The summed E-state index contributed by atoms with van der Waals surface area (Å²) in [4.78, 5) is 25.2. The second-order valence-corrected chi connectivity index (χ2v) is 9.88. The van der Waals surface area contributed by atoms with E-state index in [1.54, 1.807) is 24.3 Å². The van der Waals surface area contributed by atoms with Gasteiger partial charge < -0.3 is 5.73 Å². The average Bonchev–Trinajstić information content (AvgIpc) is 3.31. The number of primary sulfonamides is 1. The molecule has 2 heterocycles. The molecule has 2 amide bonds. The second kappa shape index (κ2) is 8.47. The lowest BCUT2D eigenvalue weighted by Crippen LogP contribution is -2.44. The van der Waals surface area contributed by atoms with Crippen molar-refractivity contribution >= 4 is 51.0 Å². The van der Waals surface area contributed by atoms with Crippen LogP contribution in [0, 0.1) is 0 Å². The Kier molecular flexibility index (Phi) is 5.86. The Morgan fingerprint density at radius 1 is 1.16 bits per heavy atom. The number of rotatable bonds is 5. The van der Waals surface area contributed by atoms with Gasteiger partial charge in [0.15, 0.2) is 0 Å². The second-order valence-electron chi connectivity index (χ2n) is 6.81. The predicted octanol–water partition coefficient (Wildman–Crippen LogP) is 1.67. The van der Waals surface area contributed by atoms with E-state index in [0.29, 0.717) is 10.7 Å². The zero-order valence-electron chi connectivity index (χ0n) is 16.3. The number of aromatic nitrogens is 2. The number of nitrogens with two attached hydrogens (primary N) is 2. The zero-order chi connectivity index (χ0) is 23.0. The summed E-state index contributed by atoms with van der Waals surface area (Å²) in [5.41, 5.74) is 10.0. The van der Waals surface area contributed by atoms with E-state index >= 15 is 0 Å². The van der Waals surface area contributed by atoms with Gasteiger partial charge in [0, 0.05) is 5.02 Å². The molecule has 1 aliphatic rings. The molecule has 13 heteroatoms. The number of amides is 2. The standard InChI is InChI=1S/C19H17ClN6O4S2/c20-12-3-1-11(2-4-12)19-26(16(27)10-31-19)24-18(28)15-9-23-25(17(15)21)13-5-7-14(8-6-13)32(22,29)30/h1-9,19H,10,21H2,(H,24,28)(H2,22,29,30). The van der Waals surface area contributed by atoms with Crippen LogP contribution in [0.1, 0.15) is 21.3 Å². The van der Waals surface area contributed by atoms with Crippen molar-refractivity contribution in [1.29, 1.82) is 0 Å². The first kappa shape index (κ1) is 22.1. The van der Waals surface area contributed by atoms with E-state index in [1.165, 1.54) is 51.9 Å². The number of benzene rings is 2. The number of halogens is 1. The van der Waals surface area contributed by atoms with E-state index in [1.807, 2.05) is 0 Å². The lowest BCUT2D eigenvalue weighted by atomic mass is 10.2. The normalized spacial score (nSPS) is 16.4. The van der Waals surface area contributed by atoms with Gasteiger partial charge in [0.05, 0.1) is 22.5 Å². The molecule has 0 aliphatic carbocycles. The smallest absolute Gasteiger partial charge is 0.275 e. The van der Waals surface area contributed by atoms with Crippen LogP contribution >= 0.6 is 23.4 Å². The third-order valence-electron chi connectivity index (χ3n) is 4.71. The molecule has 10 nitrogen and oxygen atoms in total. The van der Waals surface area contributed by atoms with Gasteiger partial charge in [0.1, 0.15) is 16.8 Å². The Balaban J connectivity index is 1.55. The number of hydrogen-bond donors (Lipinski definition) is 3. The molecule has 1 aliphatic heterocycles. The molecule has 1 fully saturated rings. The van der Waals surface area contributed by atoms with Gasteiger partial charge in [-0.2, -0.15) is 5.10 Å². The molecule has 1 atom stereocenters. The fourth-order valence-electron chi connectivity index (χ4n) is 3.10. The minimum Gasteiger partial charge on any atom is -0.383 e. The Hall–Kier alpha value is -3.06. The van der Waals surface area contributed by atoms with E-state index in [0.717, 1.165) is 5.56 Å². The molecule has 0 radical (unpaired) electrons. The molecular weight excluding hydrogens is 476 g/mol. The van der Waals surface area contributed by atoms with E-state index < -0.39 is 21.3 Å². The summed E-state index contributed by atoms with van der Waals surface area (Å²) in [7, 11) is -3.84. The molecule has 0 spiro atoms. The van der Waals surface area contributed by atoms with Crippen molar-refractivity contribution in [3.8, 4) is 5.69 Å². The highest BCUT2D eigenvalue weighted by Gasteiger charge is 2.35. The SMILES string of the molecule is Nc1c(C(=O)NN2C(=O)CSC2c2ccc(Cl)cc2)cnn1-c1ccc(S(N)(=O)=O)cc1. The number of anilines is 1. The first-order valence-electron chi connectivity index (χ1n) is 9.12. The van der Waals surface area contributed by atoms with Crippen LogP contribution in [0.2, 0.25) is 5.02 Å². The Morgan fingerprint density at radius 2 is 1.81 bits per heavy atom. The van der Waals surface area contributed by atoms with Crippen molar-refractivity contribution in [3.63, 3.8) is 0 Å². The highest BCUT2D eigenvalue weighted by molar-refractivity contribution is 8.00. The Morgan fingerprint density at radius 3 is 2.44 bits per heavy atom. The largest absolute Gasteiger partial charge is 0.383 e. The van der Waals surface area contributed by atoms with Crippen molar-refractivity contribution in [3.05, 3.63) is 70.9 Å². The van der Waals surface area contributed by atoms with Crippen molar-refractivity contribution in [2.45, 2.75) is 10.3 Å². The molecule has 1 aromatic heterocycles. The topological polar surface area (TPSA) is 153 Å². The minimum atomic E-state index is -3.84. The molecule has 0 saturated carbocycles. The van der Waals surface area contributed by atoms with Crippen LogP contribution in [0.15, 0.2) is 59.6 Å². The van der Waals surface area contributed by atoms with Crippen LogP contribution in [-0.4, -0.2) is 40.8 Å². The van der Waals surface area contributed by atoms with Crippen LogP contribution in [0.25, 0.3) is 5.69 Å². The van der Waals surface area contributed by atoms with Gasteiger partial charge in [-0.05, 0) is 42.0 Å². The number of hydrogen-bond acceptors (Lipinski definition) is 7. The van der Waals surface area contributed by atoms with Crippen molar-refractivity contribution in [2.75, 3.05) is 11.5 Å². The highest BCUT2D eigenvalue weighted by Crippen LogP contribution is 2.37. The lowest BCUT2D eigenvalue weighted by molar-refractivity contribution is -0.130. The number of carbonyl (C=O) groups excluding carboxylic acids is 2. The predicted molar refractivity (Wildman–Crippen MR) is 120 cm³/mol. The molecule has 5 N–H and O–H groups in total. The van der Waals surface area contributed by atoms with Crippen molar-refractivity contribution in [1.82, 2.24) is 20.2 Å². The molecule has 0 bridgehead atoms. The summed E-state index contributed by atoms with van der Waals surface area (Å²) in [6.45, 7) is 0. The monoisotopic (exact) mass is 492 g/mol. The molecule has 2 aromatic carbocycles. The van der Waals surface area contributed by atoms with E-state index in [-0.39, 0.29) is 27.9 Å². The highest BCUT2D eigenvalue weighted by atomic mass is 35.5. The van der Waals surface area contributed by atoms with Crippen LogP contribution in [0.4, 0.5) is 5.82 Å². The number of hydrazine groups is 1. The molecule has 3 aromatic rings. The quantitative estimate of drug-likeness (QED) is 0.489. The fourth-order valence-corrected chi connectivity index (χ4v) is 4.85. The first-order valence-corrected chi connectivity index (χ1v) is 12.1. The molecule has 4 rings (SSSR count). The molecule has 166 valence electrons. The number of nitrogens with zero attached hydrogens (tertiary/aromatic N) is 3. The maximum atomic E-state index is 12.9. The third kappa shape index (κ3) is 4.30. The summed E-state index contributed by atoms with van der Waals surface area (Å²) in [5, 5.41) is 10.6. The first-order chi connectivity index (χ1) is 15.1. The molecule has 32 heavy (non-hydrogen) atoms. The summed E-state index contributed by atoms with van der Waals surface area (Å²) < 4.78 is 24.1. The maximum Gasteiger partial charge on any atom is 0.275 e. The van der Waals surface area contributed by atoms with Crippen LogP contribution in [-0.2, 0) is 14.8 Å². The Bertz CT molecular complexity index is 1290. The van der Waals surface area contributed by atoms with E-state index in [4.69, 9.17) is 22.5 Å². The minimum absolute atomic E-state index is 0.0215. The Labute approximate surface area is 192 Å². The molecule has 1 unspecified atom stereocenters. The zero-order valence-corrected chi connectivity index (χ0v) is 18.7. The number of nitrogens with one attached hydrogen (secondary N) is 1. The van der Waals surface area contributed by atoms with E-state index in [2.05, 4.69) is 10.5 Å². The van der Waals surface area contributed by atoms with Crippen LogP contribution in [0.3, 0.4) is 0 Å². The van der Waals surface area contributed by atoms with Crippen molar-refractivity contribution in [2.24, 2.45) is 5.14 Å².